The van der Waals surface area contributed by atoms with Crippen molar-refractivity contribution in [3.8, 4) is 11.5 Å². The van der Waals surface area contributed by atoms with Crippen LogP contribution in [-0.2, 0) is 6.61 Å². The molecule has 3 aromatic rings. The van der Waals surface area contributed by atoms with Gasteiger partial charge < -0.3 is 19.0 Å². The number of nitro groups is 1. The molecule has 0 fully saturated rings. The SMILES string of the molecule is COc1cc(C=NNc2ccc([N+](=O)[O-])cc2)ccc1OCc1ccc(C(=O)O)o1. The number of carboxylic acid groups (broad SMARTS) is 1. The maximum Gasteiger partial charge on any atom is 0.371 e. The van der Waals surface area contributed by atoms with Gasteiger partial charge in [-0.1, -0.05) is 0 Å². The number of furan rings is 1. The lowest BCUT2D eigenvalue weighted by molar-refractivity contribution is -0.384. The molecule has 0 unspecified atom stereocenters. The smallest absolute Gasteiger partial charge is 0.371 e. The van der Waals surface area contributed by atoms with E-state index in [2.05, 4.69) is 10.5 Å². The molecule has 30 heavy (non-hydrogen) atoms. The molecule has 2 aromatic carbocycles. The second kappa shape index (κ2) is 9.24. The summed E-state index contributed by atoms with van der Waals surface area (Å²) in [5.74, 6) is -0.0320. The molecule has 10 nitrogen and oxygen atoms in total. The topological polar surface area (TPSA) is 136 Å². The molecule has 0 aliphatic rings. The molecule has 0 spiro atoms. The fourth-order valence-corrected chi connectivity index (χ4v) is 2.44. The van der Waals surface area contributed by atoms with E-state index in [9.17, 15) is 14.9 Å². The third-order valence-corrected chi connectivity index (χ3v) is 3.92. The van der Waals surface area contributed by atoms with Crippen LogP contribution in [0.4, 0.5) is 11.4 Å². The van der Waals surface area contributed by atoms with Crippen molar-refractivity contribution >= 4 is 23.6 Å². The summed E-state index contributed by atoms with van der Waals surface area (Å²) in [6.45, 7) is 0.0405. The Morgan fingerprint density at radius 3 is 2.60 bits per heavy atom. The zero-order valence-corrected chi connectivity index (χ0v) is 15.8. The highest BCUT2D eigenvalue weighted by Gasteiger charge is 2.11. The zero-order chi connectivity index (χ0) is 21.5. The Labute approximate surface area is 170 Å². The van der Waals surface area contributed by atoms with Crippen LogP contribution in [0.15, 0.2) is 64.1 Å². The lowest BCUT2D eigenvalue weighted by Crippen LogP contribution is -1.98. The minimum absolute atomic E-state index is 0.00131. The molecule has 0 saturated carbocycles. The van der Waals surface area contributed by atoms with Gasteiger partial charge in [-0.3, -0.25) is 15.5 Å². The number of hydrazone groups is 1. The molecule has 0 amide bonds. The summed E-state index contributed by atoms with van der Waals surface area (Å²) in [7, 11) is 1.49. The molecule has 2 N–H and O–H groups in total. The number of anilines is 1. The number of hydrogen-bond donors (Lipinski definition) is 2. The molecule has 0 saturated heterocycles. The van der Waals surface area contributed by atoms with Crippen molar-refractivity contribution in [1.82, 2.24) is 0 Å². The number of methoxy groups -OCH3 is 1. The van der Waals surface area contributed by atoms with Crippen molar-refractivity contribution in [3.63, 3.8) is 0 Å². The number of nitrogens with one attached hydrogen (secondary N) is 1. The van der Waals surface area contributed by atoms with Crippen molar-refractivity contribution in [2.75, 3.05) is 12.5 Å². The van der Waals surface area contributed by atoms with Crippen LogP contribution in [0.25, 0.3) is 0 Å². The number of non-ortho nitro benzene ring substituents is 1. The fourth-order valence-electron chi connectivity index (χ4n) is 2.44. The van der Waals surface area contributed by atoms with E-state index in [0.29, 0.717) is 22.9 Å². The molecule has 0 aliphatic heterocycles. The summed E-state index contributed by atoms with van der Waals surface area (Å²) in [5.41, 5.74) is 4.10. The Kier molecular flexibility index (Phi) is 6.28. The Morgan fingerprint density at radius 2 is 1.97 bits per heavy atom. The Hall–Kier alpha value is -4.34. The number of ether oxygens (including phenoxy) is 2. The van der Waals surface area contributed by atoms with Gasteiger partial charge in [-0.05, 0) is 48.0 Å². The molecule has 0 bridgehead atoms. The van der Waals surface area contributed by atoms with E-state index in [1.165, 1.54) is 31.4 Å². The number of aromatic carboxylic acids is 1. The van der Waals surface area contributed by atoms with E-state index in [1.807, 2.05) is 0 Å². The van der Waals surface area contributed by atoms with Crippen LogP contribution < -0.4 is 14.9 Å². The number of benzene rings is 2. The number of nitro benzene ring substituents is 1. The zero-order valence-electron chi connectivity index (χ0n) is 15.8. The quantitative estimate of drug-likeness (QED) is 0.307. The van der Waals surface area contributed by atoms with Crippen LogP contribution in [0.3, 0.4) is 0 Å². The number of nitrogens with zero attached hydrogens (tertiary/aromatic N) is 2. The van der Waals surface area contributed by atoms with Gasteiger partial charge in [0.2, 0.25) is 5.76 Å². The summed E-state index contributed by atoms with van der Waals surface area (Å²) >= 11 is 0. The van der Waals surface area contributed by atoms with Gasteiger partial charge in [-0.2, -0.15) is 5.10 Å². The molecule has 0 atom stereocenters. The number of carboxylic acids is 1. The Balaban J connectivity index is 1.62. The van der Waals surface area contributed by atoms with Gasteiger partial charge in [0.1, 0.15) is 12.4 Å². The standard InChI is InChI=1S/C20H17N3O7/c1-28-19-10-13(11-21-22-14-3-5-15(6-4-14)23(26)27)2-8-17(19)29-12-16-7-9-18(30-16)20(24)25/h2-11,22H,12H2,1H3,(H,24,25). The lowest BCUT2D eigenvalue weighted by atomic mass is 10.2. The van der Waals surface area contributed by atoms with E-state index < -0.39 is 10.9 Å². The molecule has 10 heteroatoms. The van der Waals surface area contributed by atoms with Crippen LogP contribution in [-0.4, -0.2) is 29.3 Å². The van der Waals surface area contributed by atoms with Crippen molar-refractivity contribution in [2.45, 2.75) is 6.61 Å². The first-order chi connectivity index (χ1) is 14.5. The van der Waals surface area contributed by atoms with Crippen LogP contribution in [0.5, 0.6) is 11.5 Å². The largest absolute Gasteiger partial charge is 0.493 e. The summed E-state index contributed by atoms with van der Waals surface area (Å²) in [4.78, 5) is 21.0. The maximum atomic E-state index is 10.8. The number of hydrogen-bond acceptors (Lipinski definition) is 8. The average molecular weight is 411 g/mol. The minimum Gasteiger partial charge on any atom is -0.493 e. The predicted molar refractivity (Wildman–Crippen MR) is 107 cm³/mol. The van der Waals surface area contributed by atoms with Gasteiger partial charge >= 0.3 is 5.97 Å². The van der Waals surface area contributed by atoms with Gasteiger partial charge in [0.05, 0.1) is 23.9 Å². The lowest BCUT2D eigenvalue weighted by Gasteiger charge is -2.10. The molecule has 0 radical (unpaired) electrons. The second-order valence-corrected chi connectivity index (χ2v) is 5.94. The third-order valence-electron chi connectivity index (χ3n) is 3.92. The first-order valence-corrected chi connectivity index (χ1v) is 8.62. The van der Waals surface area contributed by atoms with Crippen LogP contribution in [0.2, 0.25) is 0 Å². The van der Waals surface area contributed by atoms with E-state index in [-0.39, 0.29) is 18.1 Å². The van der Waals surface area contributed by atoms with Gasteiger partial charge in [0.25, 0.3) is 5.69 Å². The molecule has 3 rings (SSSR count). The van der Waals surface area contributed by atoms with Crippen molar-refractivity contribution in [3.05, 3.63) is 81.8 Å². The first-order valence-electron chi connectivity index (χ1n) is 8.62. The number of carbonyl (C=O) groups is 1. The highest BCUT2D eigenvalue weighted by molar-refractivity contribution is 5.84. The molecule has 0 aliphatic carbocycles. The predicted octanol–water partition coefficient (Wildman–Crippen LogP) is 3.92. The van der Waals surface area contributed by atoms with E-state index in [4.69, 9.17) is 19.0 Å². The van der Waals surface area contributed by atoms with Gasteiger partial charge in [0.15, 0.2) is 11.5 Å². The first kappa shape index (κ1) is 20.4. The molecule has 154 valence electrons. The van der Waals surface area contributed by atoms with Crippen molar-refractivity contribution < 1.29 is 28.7 Å². The van der Waals surface area contributed by atoms with Crippen LogP contribution >= 0.6 is 0 Å². The second-order valence-electron chi connectivity index (χ2n) is 5.94. The van der Waals surface area contributed by atoms with Gasteiger partial charge in [-0.25, -0.2) is 4.79 Å². The van der Waals surface area contributed by atoms with E-state index in [1.54, 1.807) is 36.5 Å². The summed E-state index contributed by atoms with van der Waals surface area (Å²) in [5, 5.41) is 23.6. The monoisotopic (exact) mass is 411 g/mol. The van der Waals surface area contributed by atoms with Gasteiger partial charge in [0, 0.05) is 12.1 Å². The molecular weight excluding hydrogens is 394 g/mol. The van der Waals surface area contributed by atoms with Gasteiger partial charge in [-0.15, -0.1) is 0 Å². The average Bonchev–Trinajstić information content (AvgIpc) is 3.22. The van der Waals surface area contributed by atoms with Crippen molar-refractivity contribution in [2.24, 2.45) is 5.10 Å². The molecule has 1 aromatic heterocycles. The summed E-state index contributed by atoms with van der Waals surface area (Å²) in [6.07, 6.45) is 1.55. The fraction of sp³-hybridized carbons (Fsp3) is 0.100. The Bertz CT molecular complexity index is 1070. The normalized spacial score (nSPS) is 10.7. The molecule has 1 heterocycles. The summed E-state index contributed by atoms with van der Waals surface area (Å²) < 4.78 is 16.1. The summed E-state index contributed by atoms with van der Waals surface area (Å²) in [6, 6.07) is 13.9. The van der Waals surface area contributed by atoms with E-state index >= 15 is 0 Å². The van der Waals surface area contributed by atoms with E-state index in [0.717, 1.165) is 5.56 Å². The number of rotatable bonds is 9. The van der Waals surface area contributed by atoms with Crippen LogP contribution in [0, 0.1) is 10.1 Å². The highest BCUT2D eigenvalue weighted by Crippen LogP contribution is 2.28. The van der Waals surface area contributed by atoms with Crippen LogP contribution in [0.1, 0.15) is 21.9 Å². The maximum absolute atomic E-state index is 10.8. The molecular formula is C20H17N3O7. The van der Waals surface area contributed by atoms with Crippen molar-refractivity contribution in [1.29, 1.82) is 0 Å². The Morgan fingerprint density at radius 1 is 1.20 bits per heavy atom. The third kappa shape index (κ3) is 5.13. The minimum atomic E-state index is -1.15. The highest BCUT2D eigenvalue weighted by atomic mass is 16.6.